The number of fused-ring (bicyclic) bond motifs is 2. The maximum atomic E-state index is 14.3. The Labute approximate surface area is 316 Å². The lowest BCUT2D eigenvalue weighted by Gasteiger charge is -2.42. The number of likely N-dealkylation sites (tertiary alicyclic amines) is 2. The van der Waals surface area contributed by atoms with Crippen molar-refractivity contribution in [3.8, 4) is 0 Å². The Bertz CT molecular complexity index is 2060. The molecule has 3 saturated heterocycles. The highest BCUT2D eigenvalue weighted by atomic mass is 32.2. The first kappa shape index (κ1) is 37.8. The summed E-state index contributed by atoms with van der Waals surface area (Å²) in [5.41, 5.74) is 4.37. The molecule has 3 aromatic rings. The summed E-state index contributed by atoms with van der Waals surface area (Å²) in [5, 5.41) is 3.91. The van der Waals surface area contributed by atoms with Gasteiger partial charge in [0.2, 0.25) is 10.0 Å². The molecule has 0 aliphatic carbocycles. The lowest BCUT2D eigenvalue weighted by atomic mass is 9.98. The van der Waals surface area contributed by atoms with E-state index in [0.29, 0.717) is 71.7 Å². The van der Waals surface area contributed by atoms with Gasteiger partial charge in [0.15, 0.2) is 6.10 Å². The van der Waals surface area contributed by atoms with Gasteiger partial charge in [0.1, 0.15) is 0 Å². The SMILES string of the molecule is Cc1cc(C[C@@H](OC(=O)N2CCC(N3CCc4ccccc4NC3=O)CC2)C(=O)N2CCC(N3CCN(S(C)(=O)=O)CC3)CC2)cc2ccc(=O)n(C)c12. The van der Waals surface area contributed by atoms with Crippen LogP contribution in [-0.2, 0) is 39.4 Å². The first-order valence-corrected chi connectivity index (χ1v) is 20.9. The zero-order valence-electron chi connectivity index (χ0n) is 31.4. The number of pyridine rings is 1. The van der Waals surface area contributed by atoms with Crippen molar-refractivity contribution in [2.45, 2.75) is 63.6 Å². The highest BCUT2D eigenvalue weighted by molar-refractivity contribution is 7.88. The monoisotopic (exact) mass is 761 g/mol. The fourth-order valence-electron chi connectivity index (χ4n) is 8.71. The second kappa shape index (κ2) is 15.7. The molecular weight excluding hydrogens is 711 g/mol. The number of piperazine rings is 1. The summed E-state index contributed by atoms with van der Waals surface area (Å²) < 4.78 is 33.3. The molecule has 14 nitrogen and oxygen atoms in total. The van der Waals surface area contributed by atoms with Crippen molar-refractivity contribution >= 4 is 44.6 Å². The Morgan fingerprint density at radius 2 is 1.52 bits per heavy atom. The molecule has 4 aliphatic heterocycles. The Hall–Kier alpha value is -4.47. The summed E-state index contributed by atoms with van der Waals surface area (Å²) in [4.78, 5) is 61.2. The Balaban J connectivity index is 1.02. The normalized spacial score (nSPS) is 20.4. The maximum absolute atomic E-state index is 14.3. The molecule has 4 aliphatic rings. The average Bonchev–Trinajstić information content (AvgIpc) is 3.33. The van der Waals surface area contributed by atoms with E-state index in [4.69, 9.17) is 4.74 Å². The highest BCUT2D eigenvalue weighted by Crippen LogP contribution is 2.27. The molecule has 0 unspecified atom stereocenters. The van der Waals surface area contributed by atoms with Crippen LogP contribution in [0.1, 0.15) is 42.4 Å². The van der Waals surface area contributed by atoms with Gasteiger partial charge in [-0.2, -0.15) is 4.31 Å². The molecule has 15 heteroatoms. The number of hydrogen-bond donors (Lipinski definition) is 1. The third-order valence-electron chi connectivity index (χ3n) is 11.7. The second-order valence-corrected chi connectivity index (χ2v) is 17.1. The summed E-state index contributed by atoms with van der Waals surface area (Å²) in [6.07, 6.45) is 3.29. The van der Waals surface area contributed by atoms with Crippen LogP contribution >= 0.6 is 0 Å². The number of sulfonamides is 1. The summed E-state index contributed by atoms with van der Waals surface area (Å²) in [6.45, 7) is 6.61. The molecule has 54 heavy (non-hydrogen) atoms. The van der Waals surface area contributed by atoms with Crippen LogP contribution < -0.4 is 10.9 Å². The number of para-hydroxylation sites is 1. The van der Waals surface area contributed by atoms with E-state index in [9.17, 15) is 27.6 Å². The zero-order valence-corrected chi connectivity index (χ0v) is 32.2. The van der Waals surface area contributed by atoms with Crippen molar-refractivity contribution in [3.63, 3.8) is 0 Å². The molecule has 2 aromatic carbocycles. The number of carbonyl (C=O) groups is 3. The van der Waals surface area contributed by atoms with Gasteiger partial charge in [0, 0.05) is 96.2 Å². The lowest BCUT2D eigenvalue weighted by Crippen LogP contribution is -2.55. The fourth-order valence-corrected chi connectivity index (χ4v) is 9.54. The van der Waals surface area contributed by atoms with E-state index in [0.717, 1.165) is 52.5 Å². The van der Waals surface area contributed by atoms with Crippen molar-refractivity contribution in [1.29, 1.82) is 0 Å². The minimum Gasteiger partial charge on any atom is -0.436 e. The molecule has 0 radical (unpaired) electrons. The molecule has 0 saturated carbocycles. The van der Waals surface area contributed by atoms with Crippen LogP contribution in [0, 0.1) is 6.92 Å². The van der Waals surface area contributed by atoms with Crippen LogP contribution in [0.15, 0.2) is 53.3 Å². The molecule has 5 heterocycles. The zero-order chi connectivity index (χ0) is 38.1. The number of amides is 4. The van der Waals surface area contributed by atoms with Gasteiger partial charge < -0.3 is 29.3 Å². The number of rotatable bonds is 7. The summed E-state index contributed by atoms with van der Waals surface area (Å²) in [7, 11) is -1.48. The standard InChI is InChI=1S/C39H51N7O7S/c1-27-24-28(25-30-8-9-35(47)41(2)36(27)30)26-34(37(48)43-15-11-31(12-16-43)42-20-22-45(23-21-42)54(3,51)52)53-39(50)44-17-13-32(14-18-44)46-19-10-29-6-4-5-7-33(29)40-38(46)49/h4-9,24-25,31-32,34H,10-23,26H2,1-3H3,(H,40,49)/t34-/m1/s1. The number of hydrogen-bond acceptors (Lipinski definition) is 8. The molecule has 1 atom stereocenters. The number of nitrogens with zero attached hydrogens (tertiary/aromatic N) is 6. The first-order chi connectivity index (χ1) is 25.9. The van der Waals surface area contributed by atoms with Crippen LogP contribution in [0.4, 0.5) is 15.3 Å². The van der Waals surface area contributed by atoms with Gasteiger partial charge in [-0.05, 0) is 79.3 Å². The fraction of sp³-hybridized carbons (Fsp3) is 0.538. The molecule has 290 valence electrons. The number of nitrogens with one attached hydrogen (secondary N) is 1. The van der Waals surface area contributed by atoms with Gasteiger partial charge in [-0.3, -0.25) is 14.5 Å². The average molecular weight is 762 g/mol. The van der Waals surface area contributed by atoms with E-state index >= 15 is 0 Å². The molecular formula is C39H51N7O7S. The first-order valence-electron chi connectivity index (χ1n) is 19.0. The van der Waals surface area contributed by atoms with Gasteiger partial charge in [-0.1, -0.05) is 24.3 Å². The number of ether oxygens (including phenoxy) is 1. The molecule has 7 rings (SSSR count). The van der Waals surface area contributed by atoms with Crippen molar-refractivity contribution in [3.05, 3.63) is 75.6 Å². The van der Waals surface area contributed by atoms with Gasteiger partial charge in [0.05, 0.1) is 11.8 Å². The maximum Gasteiger partial charge on any atom is 0.410 e. The number of carbonyl (C=O) groups excluding carboxylic acids is 3. The van der Waals surface area contributed by atoms with Gasteiger partial charge in [-0.25, -0.2) is 18.0 Å². The summed E-state index contributed by atoms with van der Waals surface area (Å²) >= 11 is 0. The van der Waals surface area contributed by atoms with Crippen molar-refractivity contribution < 1.29 is 27.5 Å². The molecule has 3 fully saturated rings. The number of aromatic nitrogens is 1. The Morgan fingerprint density at radius 3 is 2.22 bits per heavy atom. The van der Waals surface area contributed by atoms with E-state index in [1.54, 1.807) is 27.5 Å². The summed E-state index contributed by atoms with van der Waals surface area (Å²) in [5.74, 6) is -0.238. The van der Waals surface area contributed by atoms with Crippen molar-refractivity contribution in [2.24, 2.45) is 7.05 Å². The largest absolute Gasteiger partial charge is 0.436 e. The smallest absolute Gasteiger partial charge is 0.410 e. The minimum atomic E-state index is -3.22. The molecule has 1 N–H and O–H groups in total. The Morgan fingerprint density at radius 1 is 0.852 bits per heavy atom. The molecule has 0 spiro atoms. The third kappa shape index (κ3) is 8.13. The van der Waals surface area contributed by atoms with Crippen LogP contribution in [0.25, 0.3) is 10.9 Å². The molecule has 1 aromatic heterocycles. The van der Waals surface area contributed by atoms with E-state index in [-0.39, 0.29) is 36.0 Å². The predicted molar refractivity (Wildman–Crippen MR) is 206 cm³/mol. The Kier molecular flexibility index (Phi) is 11.0. The third-order valence-corrected chi connectivity index (χ3v) is 13.0. The number of aryl methyl sites for hydroxylation is 2. The highest BCUT2D eigenvalue weighted by Gasteiger charge is 2.37. The summed E-state index contributed by atoms with van der Waals surface area (Å²) in [6, 6.07) is 15.1. The van der Waals surface area contributed by atoms with Gasteiger partial charge >= 0.3 is 12.1 Å². The number of urea groups is 1. The predicted octanol–water partition coefficient (Wildman–Crippen LogP) is 3.02. The quantitative estimate of drug-likeness (QED) is 0.387. The van der Waals surface area contributed by atoms with Crippen molar-refractivity contribution in [1.82, 2.24) is 28.5 Å². The van der Waals surface area contributed by atoms with Crippen LogP contribution in [-0.4, -0.2) is 138 Å². The van der Waals surface area contributed by atoms with Gasteiger partial charge in [-0.15, -0.1) is 0 Å². The van der Waals surface area contributed by atoms with E-state index in [2.05, 4.69) is 10.2 Å². The van der Waals surface area contributed by atoms with Crippen LogP contribution in [0.5, 0.6) is 0 Å². The molecule has 0 bridgehead atoms. The van der Waals surface area contributed by atoms with Gasteiger partial charge in [0.25, 0.3) is 11.5 Å². The van der Waals surface area contributed by atoms with Crippen LogP contribution in [0.3, 0.4) is 0 Å². The lowest BCUT2D eigenvalue weighted by molar-refractivity contribution is -0.142. The van der Waals surface area contributed by atoms with E-state index < -0.39 is 22.2 Å². The number of piperidine rings is 2. The minimum absolute atomic E-state index is 0.0204. The second-order valence-electron chi connectivity index (χ2n) is 15.2. The van der Waals surface area contributed by atoms with E-state index in [1.807, 2.05) is 48.2 Å². The van der Waals surface area contributed by atoms with E-state index in [1.165, 1.54) is 16.6 Å². The molecule has 4 amide bonds. The number of anilines is 1. The van der Waals surface area contributed by atoms with Crippen LogP contribution in [0.2, 0.25) is 0 Å². The van der Waals surface area contributed by atoms with Crippen molar-refractivity contribution in [2.75, 3.05) is 70.5 Å². The number of benzene rings is 2. The topological polar surface area (TPSA) is 145 Å².